The zero-order valence-corrected chi connectivity index (χ0v) is 18.1. The highest BCUT2D eigenvalue weighted by atomic mass is 35.5. The van der Waals surface area contributed by atoms with Crippen molar-refractivity contribution in [2.24, 2.45) is 0 Å². The molecule has 0 spiro atoms. The fourth-order valence-electron chi connectivity index (χ4n) is 2.09. The van der Waals surface area contributed by atoms with Crippen LogP contribution in [0.4, 0.5) is 21.0 Å². The molecule has 10 heteroatoms. The van der Waals surface area contributed by atoms with Crippen molar-refractivity contribution >= 4 is 69.8 Å². The Morgan fingerprint density at radius 2 is 1.07 bits per heavy atom. The molecular weight excluding hydrogens is 446 g/mol. The van der Waals surface area contributed by atoms with Gasteiger partial charge in [-0.1, -0.05) is 46.4 Å². The van der Waals surface area contributed by atoms with Gasteiger partial charge in [-0.25, -0.2) is 9.59 Å². The summed E-state index contributed by atoms with van der Waals surface area (Å²) in [5.74, 6) is 0. The van der Waals surface area contributed by atoms with Crippen LogP contribution in [0.2, 0.25) is 20.1 Å². The molecule has 4 amide bonds. The van der Waals surface area contributed by atoms with E-state index >= 15 is 0 Å². The van der Waals surface area contributed by atoms with Crippen LogP contribution in [0.1, 0.15) is 0 Å². The standard InChI is InChI=1S/C18H18Cl4N4O2/c1-25(17(27)23-11-3-5-13(19)15(21)9-11)7-8-26(2)18(28)24-12-4-6-14(20)16(22)10-12/h3-6,9-10H,7-8H2,1-2H3,(H,23,27)(H,24,28). The summed E-state index contributed by atoms with van der Waals surface area (Å²) in [6, 6.07) is 8.95. The zero-order chi connectivity index (χ0) is 20.8. The molecular formula is C18H18Cl4N4O2. The average Bonchev–Trinajstić information content (AvgIpc) is 2.65. The van der Waals surface area contributed by atoms with Crippen molar-refractivity contribution in [1.82, 2.24) is 9.80 Å². The Labute approximate surface area is 183 Å². The maximum atomic E-state index is 12.2. The maximum Gasteiger partial charge on any atom is 0.321 e. The second kappa shape index (κ2) is 10.1. The Balaban J connectivity index is 1.83. The average molecular weight is 464 g/mol. The Kier molecular flexibility index (Phi) is 8.07. The summed E-state index contributed by atoms with van der Waals surface area (Å²) in [5.41, 5.74) is 1.05. The van der Waals surface area contributed by atoms with Crippen molar-refractivity contribution in [3.05, 3.63) is 56.5 Å². The number of hydrogen-bond acceptors (Lipinski definition) is 2. The Bertz CT molecular complexity index is 807. The number of halogens is 4. The molecule has 6 nitrogen and oxygen atoms in total. The smallest absolute Gasteiger partial charge is 0.321 e. The van der Waals surface area contributed by atoms with Crippen molar-refractivity contribution in [3.63, 3.8) is 0 Å². The third-order valence-electron chi connectivity index (χ3n) is 3.81. The van der Waals surface area contributed by atoms with Gasteiger partial charge in [-0.3, -0.25) is 0 Å². The van der Waals surface area contributed by atoms with Crippen LogP contribution in [-0.2, 0) is 0 Å². The molecule has 0 aliphatic rings. The monoisotopic (exact) mass is 462 g/mol. The van der Waals surface area contributed by atoms with Gasteiger partial charge in [0.1, 0.15) is 0 Å². The predicted octanol–water partition coefficient (Wildman–Crippen LogP) is 5.93. The molecule has 0 saturated carbocycles. The molecule has 28 heavy (non-hydrogen) atoms. The largest absolute Gasteiger partial charge is 0.326 e. The van der Waals surface area contributed by atoms with Gasteiger partial charge in [-0.15, -0.1) is 0 Å². The van der Waals surface area contributed by atoms with Crippen LogP contribution < -0.4 is 10.6 Å². The molecule has 0 bridgehead atoms. The second-order valence-electron chi connectivity index (χ2n) is 5.96. The molecule has 0 radical (unpaired) electrons. The third kappa shape index (κ3) is 6.34. The molecule has 2 aromatic rings. The molecule has 0 aliphatic heterocycles. The molecule has 0 atom stereocenters. The van der Waals surface area contributed by atoms with Gasteiger partial charge in [-0.2, -0.15) is 0 Å². The van der Waals surface area contributed by atoms with Crippen LogP contribution >= 0.6 is 46.4 Å². The summed E-state index contributed by atoms with van der Waals surface area (Å²) in [6.45, 7) is 0.636. The Morgan fingerprint density at radius 1 is 0.714 bits per heavy atom. The third-order valence-corrected chi connectivity index (χ3v) is 5.28. The van der Waals surface area contributed by atoms with Crippen molar-refractivity contribution < 1.29 is 9.59 Å². The number of urea groups is 2. The molecule has 150 valence electrons. The highest BCUT2D eigenvalue weighted by Crippen LogP contribution is 2.26. The second-order valence-corrected chi connectivity index (χ2v) is 7.59. The Morgan fingerprint density at radius 3 is 1.39 bits per heavy atom. The first-order chi connectivity index (χ1) is 13.2. The number of likely N-dealkylation sites (N-methyl/N-ethyl adjacent to an activating group) is 2. The van der Waals surface area contributed by atoms with E-state index in [0.29, 0.717) is 44.6 Å². The van der Waals surface area contributed by atoms with Gasteiger partial charge >= 0.3 is 12.1 Å². The first-order valence-electron chi connectivity index (χ1n) is 8.11. The van der Waals surface area contributed by atoms with E-state index < -0.39 is 0 Å². The summed E-state index contributed by atoms with van der Waals surface area (Å²) in [5, 5.41) is 6.93. The number of anilines is 2. The van der Waals surface area contributed by atoms with Gasteiger partial charge in [0.2, 0.25) is 0 Å². The number of carbonyl (C=O) groups excluding carboxylic acids is 2. The van der Waals surface area contributed by atoms with Crippen LogP contribution in [0.15, 0.2) is 36.4 Å². The van der Waals surface area contributed by atoms with E-state index in [2.05, 4.69) is 10.6 Å². The van der Waals surface area contributed by atoms with Crippen molar-refractivity contribution in [2.45, 2.75) is 0 Å². The zero-order valence-electron chi connectivity index (χ0n) is 15.1. The maximum absolute atomic E-state index is 12.2. The molecule has 2 aromatic carbocycles. The highest BCUT2D eigenvalue weighted by molar-refractivity contribution is 6.42. The lowest BCUT2D eigenvalue weighted by molar-refractivity contribution is 0.205. The number of carbonyl (C=O) groups is 2. The van der Waals surface area contributed by atoms with E-state index in [-0.39, 0.29) is 12.1 Å². The van der Waals surface area contributed by atoms with Crippen molar-refractivity contribution in [1.29, 1.82) is 0 Å². The van der Waals surface area contributed by atoms with Crippen LogP contribution in [0.3, 0.4) is 0 Å². The topological polar surface area (TPSA) is 64.7 Å². The summed E-state index contributed by atoms with van der Waals surface area (Å²) in [4.78, 5) is 27.4. The highest BCUT2D eigenvalue weighted by Gasteiger charge is 2.14. The van der Waals surface area contributed by atoms with E-state index in [1.165, 1.54) is 9.80 Å². The number of rotatable bonds is 5. The normalized spacial score (nSPS) is 10.4. The lowest BCUT2D eigenvalue weighted by atomic mass is 10.3. The van der Waals surface area contributed by atoms with Crippen molar-refractivity contribution in [2.75, 3.05) is 37.8 Å². The lowest BCUT2D eigenvalue weighted by Gasteiger charge is -2.23. The molecule has 2 N–H and O–H groups in total. The van der Waals surface area contributed by atoms with E-state index in [0.717, 1.165) is 0 Å². The number of hydrogen-bond donors (Lipinski definition) is 2. The SMILES string of the molecule is CN(CCN(C)C(=O)Nc1ccc(Cl)c(Cl)c1)C(=O)Nc1ccc(Cl)c(Cl)c1. The number of amides is 4. The van der Waals surface area contributed by atoms with Gasteiger partial charge in [0.05, 0.1) is 20.1 Å². The quantitative estimate of drug-likeness (QED) is 0.577. The Hall–Kier alpha value is -1.86. The molecule has 0 fully saturated rings. The number of benzene rings is 2. The van der Waals surface area contributed by atoms with E-state index in [1.54, 1.807) is 50.5 Å². The minimum absolute atomic E-state index is 0.318. The minimum Gasteiger partial charge on any atom is -0.326 e. The van der Waals surface area contributed by atoms with Crippen LogP contribution in [0.5, 0.6) is 0 Å². The summed E-state index contributed by atoms with van der Waals surface area (Å²) >= 11 is 23.6. The minimum atomic E-state index is -0.336. The van der Waals surface area contributed by atoms with Gasteiger partial charge in [0, 0.05) is 38.6 Å². The van der Waals surface area contributed by atoms with Gasteiger partial charge < -0.3 is 20.4 Å². The fraction of sp³-hybridized carbons (Fsp3) is 0.222. The van der Waals surface area contributed by atoms with E-state index in [1.807, 2.05) is 0 Å². The molecule has 0 aliphatic carbocycles. The van der Waals surface area contributed by atoms with Crippen LogP contribution in [-0.4, -0.2) is 49.0 Å². The predicted molar refractivity (Wildman–Crippen MR) is 116 cm³/mol. The first-order valence-corrected chi connectivity index (χ1v) is 9.63. The lowest BCUT2D eigenvalue weighted by Crippen LogP contribution is -2.40. The van der Waals surface area contributed by atoms with Crippen LogP contribution in [0.25, 0.3) is 0 Å². The molecule has 0 heterocycles. The van der Waals surface area contributed by atoms with Crippen LogP contribution in [0, 0.1) is 0 Å². The first kappa shape index (κ1) is 22.4. The van der Waals surface area contributed by atoms with Gasteiger partial charge in [0.15, 0.2) is 0 Å². The van der Waals surface area contributed by atoms with E-state index in [4.69, 9.17) is 46.4 Å². The van der Waals surface area contributed by atoms with Crippen molar-refractivity contribution in [3.8, 4) is 0 Å². The molecule has 2 rings (SSSR count). The van der Waals surface area contributed by atoms with Gasteiger partial charge in [0.25, 0.3) is 0 Å². The van der Waals surface area contributed by atoms with Gasteiger partial charge in [-0.05, 0) is 36.4 Å². The fourth-order valence-corrected chi connectivity index (χ4v) is 2.68. The summed E-state index contributed by atoms with van der Waals surface area (Å²) in [6.07, 6.45) is 0. The van der Waals surface area contributed by atoms with E-state index in [9.17, 15) is 9.59 Å². The summed E-state index contributed by atoms with van der Waals surface area (Å²) < 4.78 is 0. The molecule has 0 unspecified atom stereocenters. The number of nitrogens with zero attached hydrogens (tertiary/aromatic N) is 2. The number of nitrogens with one attached hydrogen (secondary N) is 2. The molecule has 0 aromatic heterocycles. The molecule has 0 saturated heterocycles. The summed E-state index contributed by atoms with van der Waals surface area (Å²) in [7, 11) is 3.25.